The van der Waals surface area contributed by atoms with Crippen LogP contribution in [0.3, 0.4) is 0 Å². The van der Waals surface area contributed by atoms with E-state index < -0.39 is 5.63 Å². The molecule has 8 nitrogen and oxygen atoms in total. The molecule has 2 aromatic carbocycles. The summed E-state index contributed by atoms with van der Waals surface area (Å²) in [5.74, 6) is 0.882. The molecule has 178 valence electrons. The lowest BCUT2D eigenvalue weighted by atomic mass is 10.1. The van der Waals surface area contributed by atoms with Gasteiger partial charge in [-0.05, 0) is 43.3 Å². The average molecular weight is 491 g/mol. The van der Waals surface area contributed by atoms with Crippen LogP contribution in [0.2, 0.25) is 5.02 Å². The van der Waals surface area contributed by atoms with Gasteiger partial charge in [0.25, 0.3) is 5.91 Å². The van der Waals surface area contributed by atoms with Crippen LogP contribution in [0.15, 0.2) is 69.9 Å². The van der Waals surface area contributed by atoms with Crippen LogP contribution in [-0.2, 0) is 0 Å². The Labute approximate surface area is 206 Å². The zero-order chi connectivity index (χ0) is 24.4. The zero-order valence-corrected chi connectivity index (χ0v) is 19.9. The van der Waals surface area contributed by atoms with Crippen molar-refractivity contribution in [1.82, 2.24) is 15.1 Å². The molecule has 0 atom stereocenters. The van der Waals surface area contributed by atoms with Crippen LogP contribution in [0.5, 0.6) is 5.75 Å². The Morgan fingerprint density at radius 1 is 1.03 bits per heavy atom. The van der Waals surface area contributed by atoms with E-state index in [9.17, 15) is 9.59 Å². The molecule has 1 fully saturated rings. The summed E-state index contributed by atoms with van der Waals surface area (Å²) in [6.45, 7) is 4.37. The van der Waals surface area contributed by atoms with Gasteiger partial charge < -0.3 is 19.0 Å². The number of ether oxygens (including phenoxy) is 1. The summed E-state index contributed by atoms with van der Waals surface area (Å²) in [4.78, 5) is 29.5. The smallest absolute Gasteiger partial charge is 0.349 e. The molecule has 0 spiro atoms. The van der Waals surface area contributed by atoms with Crippen LogP contribution < -0.4 is 15.3 Å². The normalized spacial score (nSPS) is 13.8. The molecule has 0 aliphatic carbocycles. The van der Waals surface area contributed by atoms with Gasteiger partial charge in [0.2, 0.25) is 0 Å². The maximum atomic E-state index is 13.1. The van der Waals surface area contributed by atoms with Crippen LogP contribution in [0.1, 0.15) is 17.3 Å². The molecule has 0 N–H and O–H groups in total. The molecule has 35 heavy (non-hydrogen) atoms. The number of amides is 1. The van der Waals surface area contributed by atoms with Crippen molar-refractivity contribution in [3.8, 4) is 17.0 Å². The lowest BCUT2D eigenvalue weighted by molar-refractivity contribution is 0.0742. The highest BCUT2D eigenvalue weighted by Gasteiger charge is 2.26. The lowest BCUT2D eigenvalue weighted by Gasteiger charge is -2.35. The van der Waals surface area contributed by atoms with E-state index in [0.717, 1.165) is 17.1 Å². The van der Waals surface area contributed by atoms with Crippen molar-refractivity contribution in [2.24, 2.45) is 0 Å². The number of hydrogen-bond acceptors (Lipinski definition) is 7. The number of para-hydroxylation sites is 1. The van der Waals surface area contributed by atoms with Gasteiger partial charge in [0.15, 0.2) is 17.2 Å². The Morgan fingerprint density at radius 2 is 1.80 bits per heavy atom. The number of anilines is 1. The Balaban J connectivity index is 1.27. The summed E-state index contributed by atoms with van der Waals surface area (Å²) in [7, 11) is 0. The van der Waals surface area contributed by atoms with Gasteiger partial charge in [-0.3, -0.25) is 4.79 Å². The van der Waals surface area contributed by atoms with Crippen molar-refractivity contribution in [1.29, 1.82) is 0 Å². The minimum Gasteiger partial charge on any atom is -0.490 e. The number of carbonyl (C=O) groups excluding carboxylic acids is 1. The van der Waals surface area contributed by atoms with E-state index in [1.54, 1.807) is 29.2 Å². The second-order valence-electron chi connectivity index (χ2n) is 8.12. The molecule has 1 aliphatic rings. The topological polar surface area (TPSA) is 88.8 Å². The van der Waals surface area contributed by atoms with Gasteiger partial charge in [-0.15, -0.1) is 10.2 Å². The first-order valence-electron chi connectivity index (χ1n) is 11.4. The highest BCUT2D eigenvalue weighted by atomic mass is 35.5. The molecule has 0 unspecified atom stereocenters. The molecule has 0 radical (unpaired) electrons. The Kier molecular flexibility index (Phi) is 6.37. The first kappa shape index (κ1) is 22.9. The van der Waals surface area contributed by atoms with Crippen molar-refractivity contribution in [3.63, 3.8) is 0 Å². The van der Waals surface area contributed by atoms with Crippen molar-refractivity contribution in [3.05, 3.63) is 81.7 Å². The zero-order valence-electron chi connectivity index (χ0n) is 19.1. The fourth-order valence-corrected chi connectivity index (χ4v) is 4.24. The number of rotatable bonds is 5. The molecule has 2 aromatic heterocycles. The number of fused-ring (bicyclic) bond motifs is 1. The van der Waals surface area contributed by atoms with Gasteiger partial charge in [0.1, 0.15) is 5.56 Å². The summed E-state index contributed by atoms with van der Waals surface area (Å²) in [5.41, 5.74) is 1.40. The third-order valence-corrected chi connectivity index (χ3v) is 6.19. The van der Waals surface area contributed by atoms with E-state index in [2.05, 4.69) is 15.1 Å². The summed E-state index contributed by atoms with van der Waals surface area (Å²) in [6, 6.07) is 18.2. The first-order chi connectivity index (χ1) is 17.0. The van der Waals surface area contributed by atoms with E-state index in [-0.39, 0.29) is 11.5 Å². The number of halogens is 1. The van der Waals surface area contributed by atoms with Crippen LogP contribution >= 0.6 is 11.6 Å². The fraction of sp³-hybridized carbons (Fsp3) is 0.231. The van der Waals surface area contributed by atoms with Crippen LogP contribution in [-0.4, -0.2) is 53.8 Å². The van der Waals surface area contributed by atoms with E-state index in [4.69, 9.17) is 20.8 Å². The predicted molar refractivity (Wildman–Crippen MR) is 134 cm³/mol. The molecular weight excluding hydrogens is 468 g/mol. The molecule has 1 saturated heterocycles. The molecular formula is C26H23ClN4O4. The summed E-state index contributed by atoms with van der Waals surface area (Å²) in [5, 5.41) is 10.0. The maximum absolute atomic E-state index is 13.1. The summed E-state index contributed by atoms with van der Waals surface area (Å²) in [6.07, 6.45) is 0. The minimum atomic E-state index is -0.666. The highest BCUT2D eigenvalue weighted by Crippen LogP contribution is 2.26. The number of carbonyl (C=O) groups is 1. The second kappa shape index (κ2) is 9.76. The molecule has 0 bridgehead atoms. The minimum absolute atomic E-state index is 0.0201. The molecule has 4 aromatic rings. The van der Waals surface area contributed by atoms with E-state index >= 15 is 0 Å². The Hall–Kier alpha value is -3.91. The summed E-state index contributed by atoms with van der Waals surface area (Å²) >= 11 is 5.95. The van der Waals surface area contributed by atoms with E-state index in [1.807, 2.05) is 43.3 Å². The number of benzene rings is 2. The third kappa shape index (κ3) is 4.70. The first-order valence-corrected chi connectivity index (χ1v) is 11.7. The van der Waals surface area contributed by atoms with Gasteiger partial charge in [0.05, 0.1) is 12.3 Å². The predicted octanol–water partition coefficient (Wildman–Crippen LogP) is 4.26. The fourth-order valence-electron chi connectivity index (χ4n) is 4.11. The van der Waals surface area contributed by atoms with Gasteiger partial charge in [0, 0.05) is 42.2 Å². The number of nitrogens with zero attached hydrogens (tertiary/aromatic N) is 4. The maximum Gasteiger partial charge on any atom is 0.349 e. The second-order valence-corrected chi connectivity index (χ2v) is 8.55. The number of piperazine rings is 1. The highest BCUT2D eigenvalue weighted by molar-refractivity contribution is 6.30. The van der Waals surface area contributed by atoms with Gasteiger partial charge in [-0.25, -0.2) is 4.79 Å². The molecule has 3 heterocycles. The molecule has 1 aliphatic heterocycles. The number of hydrogen-bond donors (Lipinski definition) is 0. The van der Waals surface area contributed by atoms with Gasteiger partial charge in [-0.2, -0.15) is 0 Å². The van der Waals surface area contributed by atoms with Crippen molar-refractivity contribution in [2.45, 2.75) is 6.92 Å². The molecule has 1 amide bonds. The van der Waals surface area contributed by atoms with Gasteiger partial charge in [-0.1, -0.05) is 35.9 Å². The van der Waals surface area contributed by atoms with Crippen molar-refractivity contribution >= 4 is 34.3 Å². The largest absolute Gasteiger partial charge is 0.490 e. The molecule has 5 rings (SSSR count). The Bertz CT molecular complexity index is 1410. The third-order valence-electron chi connectivity index (χ3n) is 5.94. The molecule has 0 saturated carbocycles. The lowest BCUT2D eigenvalue weighted by Crippen LogP contribution is -2.49. The standard InChI is InChI=1S/C26H23ClN4O4/c1-2-34-22-5-3-4-18-16-20(26(33)35-24(18)22)25(32)31-14-12-30(13-15-31)23-11-10-21(28-29-23)17-6-8-19(27)9-7-17/h3-11,16H,2,12-15H2,1H3. The van der Waals surface area contributed by atoms with E-state index in [1.165, 1.54) is 0 Å². The van der Waals surface area contributed by atoms with Crippen LogP contribution in [0.25, 0.3) is 22.2 Å². The van der Waals surface area contributed by atoms with Crippen LogP contribution in [0.4, 0.5) is 5.82 Å². The van der Waals surface area contributed by atoms with Crippen molar-refractivity contribution < 1.29 is 13.9 Å². The average Bonchev–Trinajstić information content (AvgIpc) is 2.89. The summed E-state index contributed by atoms with van der Waals surface area (Å²) < 4.78 is 11.0. The SMILES string of the molecule is CCOc1cccc2cc(C(=O)N3CCN(c4ccc(-c5ccc(Cl)cc5)nn4)CC3)c(=O)oc12. The van der Waals surface area contributed by atoms with E-state index in [0.29, 0.717) is 54.5 Å². The van der Waals surface area contributed by atoms with Crippen molar-refractivity contribution in [2.75, 3.05) is 37.7 Å². The molecule has 9 heteroatoms. The van der Waals surface area contributed by atoms with Gasteiger partial charge >= 0.3 is 5.63 Å². The quantitative estimate of drug-likeness (QED) is 0.386. The number of aromatic nitrogens is 2. The monoisotopic (exact) mass is 490 g/mol. The Morgan fingerprint density at radius 3 is 2.49 bits per heavy atom. The van der Waals surface area contributed by atoms with Crippen LogP contribution in [0, 0.1) is 0 Å².